The lowest BCUT2D eigenvalue weighted by Gasteiger charge is -2.25. The number of fused-ring (bicyclic) bond motifs is 1. The summed E-state index contributed by atoms with van der Waals surface area (Å²) < 4.78 is 18.7. The molecule has 0 saturated carbocycles. The van der Waals surface area contributed by atoms with Gasteiger partial charge >= 0.3 is 0 Å². The van der Waals surface area contributed by atoms with E-state index in [0.29, 0.717) is 11.5 Å². The van der Waals surface area contributed by atoms with Crippen LogP contribution in [0.15, 0.2) is 24.3 Å². The summed E-state index contributed by atoms with van der Waals surface area (Å²) in [6.07, 6.45) is 0. The van der Waals surface area contributed by atoms with E-state index in [1.54, 1.807) is 0 Å². The fraction of sp³-hybridized carbons (Fsp3) is 0.250. The lowest BCUT2D eigenvalue weighted by Crippen LogP contribution is -1.92. The molecular weight excluding hydrogens is 160 g/mol. The van der Waals surface area contributed by atoms with Crippen molar-refractivity contribution in [3.8, 4) is 0 Å². The van der Waals surface area contributed by atoms with E-state index < -0.39 is 10.6 Å². The smallest absolute Gasteiger partial charge is 0.0631 e. The lowest BCUT2D eigenvalue weighted by molar-refractivity contribution is 0.489. The van der Waals surface area contributed by atoms with Crippen molar-refractivity contribution in [3.63, 3.8) is 0 Å². The van der Waals surface area contributed by atoms with E-state index >= 15 is 0 Å². The summed E-state index contributed by atoms with van der Waals surface area (Å²) in [5, 5.41) is 0. The molecule has 60 valence electrons. The first-order valence-corrected chi connectivity index (χ1v) is 5.36. The second-order valence-corrected chi connectivity index (χ2v) is 5.04. The van der Waals surface area contributed by atoms with Crippen LogP contribution in [0, 0.1) is 0 Å². The Labute approximate surface area is 67.2 Å². The van der Waals surface area contributed by atoms with Crippen LogP contribution in [-0.4, -0.2) is 9.11 Å². The van der Waals surface area contributed by atoms with Gasteiger partial charge in [0, 0.05) is 0 Å². The molecule has 1 heterocycles. The molecule has 0 bridgehead atoms. The average Bonchev–Trinajstić information content (AvgIpc) is 2.21. The van der Waals surface area contributed by atoms with Gasteiger partial charge in [-0.1, -0.05) is 24.3 Å². The number of benzene rings is 1. The molecule has 2 rings (SSSR count). The van der Waals surface area contributed by atoms with Gasteiger partial charge in [-0.3, -0.25) is 9.11 Å². The highest BCUT2D eigenvalue weighted by Crippen LogP contribution is 2.52. The molecule has 1 aromatic carbocycles. The van der Waals surface area contributed by atoms with Crippen molar-refractivity contribution in [1.82, 2.24) is 0 Å². The number of hydrogen-bond acceptors (Lipinski definition) is 2. The minimum absolute atomic E-state index is 0.448. The Morgan fingerprint density at radius 3 is 1.91 bits per heavy atom. The summed E-state index contributed by atoms with van der Waals surface area (Å²) in [6.45, 7) is 0. The Kier molecular flexibility index (Phi) is 1.45. The van der Waals surface area contributed by atoms with Gasteiger partial charge in [0.25, 0.3) is 0 Å². The standard InChI is InChI=1S/C8H10O2S/c9-11(10)5-7-3-1-2-4-8(7)6-11/h1-4,9-10H,5-6H2. The highest BCUT2D eigenvalue weighted by Gasteiger charge is 2.23. The van der Waals surface area contributed by atoms with Crippen LogP contribution >= 0.6 is 10.6 Å². The third-order valence-corrected chi connectivity index (χ3v) is 3.44. The summed E-state index contributed by atoms with van der Waals surface area (Å²) in [4.78, 5) is 0. The predicted octanol–water partition coefficient (Wildman–Crippen LogP) is 2.45. The Bertz CT molecular complexity index is 256. The maximum atomic E-state index is 9.35. The van der Waals surface area contributed by atoms with Gasteiger partial charge in [-0.05, 0) is 11.1 Å². The largest absolute Gasteiger partial charge is 0.299 e. The molecule has 3 heteroatoms. The van der Waals surface area contributed by atoms with E-state index in [1.165, 1.54) is 0 Å². The van der Waals surface area contributed by atoms with Gasteiger partial charge in [0.2, 0.25) is 0 Å². The molecule has 2 N–H and O–H groups in total. The summed E-state index contributed by atoms with van der Waals surface area (Å²) in [6, 6.07) is 7.77. The molecule has 0 aromatic heterocycles. The van der Waals surface area contributed by atoms with E-state index in [4.69, 9.17) is 0 Å². The molecule has 0 aliphatic carbocycles. The van der Waals surface area contributed by atoms with Crippen LogP contribution in [0.5, 0.6) is 0 Å². The van der Waals surface area contributed by atoms with Gasteiger partial charge in [0.15, 0.2) is 0 Å². The van der Waals surface area contributed by atoms with Crippen molar-refractivity contribution in [2.45, 2.75) is 11.5 Å². The Morgan fingerprint density at radius 1 is 1.00 bits per heavy atom. The second-order valence-electron chi connectivity index (χ2n) is 2.86. The fourth-order valence-electron chi connectivity index (χ4n) is 1.39. The Balaban J connectivity index is 2.41. The van der Waals surface area contributed by atoms with E-state index in [1.807, 2.05) is 24.3 Å². The first-order valence-electron chi connectivity index (χ1n) is 3.48. The van der Waals surface area contributed by atoms with Crippen molar-refractivity contribution < 1.29 is 9.11 Å². The quantitative estimate of drug-likeness (QED) is 0.628. The normalized spacial score (nSPS) is 22.7. The zero-order valence-corrected chi connectivity index (χ0v) is 6.84. The van der Waals surface area contributed by atoms with Crippen LogP contribution in [0.25, 0.3) is 0 Å². The molecule has 0 atom stereocenters. The van der Waals surface area contributed by atoms with E-state index in [0.717, 1.165) is 11.1 Å². The van der Waals surface area contributed by atoms with Gasteiger partial charge < -0.3 is 0 Å². The maximum Gasteiger partial charge on any atom is 0.0631 e. The van der Waals surface area contributed by atoms with E-state index in [-0.39, 0.29) is 0 Å². The van der Waals surface area contributed by atoms with Gasteiger partial charge in [-0.25, -0.2) is 0 Å². The molecule has 11 heavy (non-hydrogen) atoms. The van der Waals surface area contributed by atoms with Crippen molar-refractivity contribution >= 4 is 10.6 Å². The van der Waals surface area contributed by atoms with Crippen LogP contribution in [0.4, 0.5) is 0 Å². The zero-order valence-electron chi connectivity index (χ0n) is 6.03. The third-order valence-electron chi connectivity index (χ3n) is 1.89. The topological polar surface area (TPSA) is 40.5 Å². The van der Waals surface area contributed by atoms with E-state index in [9.17, 15) is 9.11 Å². The van der Waals surface area contributed by atoms with E-state index in [2.05, 4.69) is 0 Å². The van der Waals surface area contributed by atoms with Gasteiger partial charge in [0.05, 0.1) is 11.5 Å². The summed E-state index contributed by atoms with van der Waals surface area (Å²) >= 11 is 0. The molecule has 0 saturated heterocycles. The zero-order chi connectivity index (χ0) is 7.90. The molecule has 0 amide bonds. The van der Waals surface area contributed by atoms with Gasteiger partial charge in [0.1, 0.15) is 0 Å². The predicted molar refractivity (Wildman–Crippen MR) is 46.7 cm³/mol. The van der Waals surface area contributed by atoms with Crippen LogP contribution in [0.2, 0.25) is 0 Å². The van der Waals surface area contributed by atoms with Gasteiger partial charge in [-0.15, -0.1) is 0 Å². The molecule has 2 nitrogen and oxygen atoms in total. The summed E-state index contributed by atoms with van der Waals surface area (Å²) in [5.41, 5.74) is 2.18. The minimum Gasteiger partial charge on any atom is -0.299 e. The van der Waals surface area contributed by atoms with Gasteiger partial charge in [-0.2, -0.15) is 10.6 Å². The van der Waals surface area contributed by atoms with Crippen molar-refractivity contribution in [1.29, 1.82) is 0 Å². The molecule has 1 aliphatic heterocycles. The molecule has 1 aromatic rings. The molecule has 1 aliphatic rings. The SMILES string of the molecule is OS1(O)Cc2ccccc2C1. The molecule has 0 spiro atoms. The molecule has 0 radical (unpaired) electrons. The molecular formula is C8H10O2S. The van der Waals surface area contributed by atoms with Crippen molar-refractivity contribution in [2.24, 2.45) is 0 Å². The van der Waals surface area contributed by atoms with Crippen LogP contribution in [0.1, 0.15) is 11.1 Å². The van der Waals surface area contributed by atoms with Crippen molar-refractivity contribution in [2.75, 3.05) is 0 Å². The maximum absolute atomic E-state index is 9.35. The second kappa shape index (κ2) is 2.24. The molecule has 0 unspecified atom stereocenters. The Hall–Kier alpha value is -0.510. The third kappa shape index (κ3) is 1.27. The number of hydrogen-bond donors (Lipinski definition) is 2. The number of rotatable bonds is 0. The van der Waals surface area contributed by atoms with Crippen LogP contribution in [-0.2, 0) is 11.5 Å². The minimum atomic E-state index is -2.31. The monoisotopic (exact) mass is 170 g/mol. The highest BCUT2D eigenvalue weighted by molar-refractivity contribution is 8.23. The Morgan fingerprint density at radius 2 is 1.45 bits per heavy atom. The van der Waals surface area contributed by atoms with Crippen molar-refractivity contribution in [3.05, 3.63) is 35.4 Å². The average molecular weight is 170 g/mol. The first kappa shape index (κ1) is 7.16. The summed E-state index contributed by atoms with van der Waals surface area (Å²) in [7, 11) is -2.31. The summed E-state index contributed by atoms with van der Waals surface area (Å²) in [5.74, 6) is 0.895. The molecule has 0 fully saturated rings. The lowest BCUT2D eigenvalue weighted by atomic mass is 10.1. The van der Waals surface area contributed by atoms with Crippen LogP contribution < -0.4 is 0 Å². The highest BCUT2D eigenvalue weighted by atomic mass is 32.3. The first-order chi connectivity index (χ1) is 5.17. The van der Waals surface area contributed by atoms with Crippen LogP contribution in [0.3, 0.4) is 0 Å². The fourth-order valence-corrected chi connectivity index (χ4v) is 3.05.